The zero-order valence-electron chi connectivity index (χ0n) is 16.9. The Morgan fingerprint density at radius 3 is 2.14 bits per heavy atom. The quantitative estimate of drug-likeness (QED) is 0.664. The van der Waals surface area contributed by atoms with E-state index in [-0.39, 0.29) is 18.4 Å². The molecule has 0 fully saturated rings. The Hall–Kier alpha value is -3.54. The smallest absolute Gasteiger partial charge is 0.270 e. The van der Waals surface area contributed by atoms with Crippen molar-refractivity contribution in [1.29, 1.82) is 0 Å². The number of anilines is 1. The van der Waals surface area contributed by atoms with E-state index >= 15 is 0 Å². The molecule has 0 saturated carbocycles. The number of nitrogens with zero attached hydrogens (tertiary/aromatic N) is 2. The number of likely N-dealkylation sites (N-methyl/N-ethyl adjacent to an activating group) is 1. The highest BCUT2D eigenvalue weighted by Gasteiger charge is 2.14. The van der Waals surface area contributed by atoms with Crippen molar-refractivity contribution in [1.82, 2.24) is 4.68 Å². The summed E-state index contributed by atoms with van der Waals surface area (Å²) >= 11 is 0. The number of nitrogens with one attached hydrogen (secondary N) is 1. The molecule has 0 aliphatic heterocycles. The number of benzene rings is 2. The van der Waals surface area contributed by atoms with Gasteiger partial charge in [-0.2, -0.15) is 0 Å². The van der Waals surface area contributed by atoms with Crippen molar-refractivity contribution in [3.05, 3.63) is 83.7 Å². The highest BCUT2D eigenvalue weighted by atomic mass is 16.5. The summed E-state index contributed by atoms with van der Waals surface area (Å²) in [6.07, 6.45) is 0. The van der Waals surface area contributed by atoms with Crippen molar-refractivity contribution in [2.75, 3.05) is 23.5 Å². The number of para-hydroxylation sites is 1. The Morgan fingerprint density at radius 1 is 0.931 bits per heavy atom. The van der Waals surface area contributed by atoms with Gasteiger partial charge in [-0.1, -0.05) is 18.2 Å². The van der Waals surface area contributed by atoms with E-state index in [1.165, 1.54) is 0 Å². The van der Waals surface area contributed by atoms with Crippen LogP contribution in [-0.2, 0) is 4.79 Å². The number of ether oxygens (including phenoxy) is 1. The van der Waals surface area contributed by atoms with Crippen LogP contribution in [0.1, 0.15) is 28.7 Å². The van der Waals surface area contributed by atoms with Gasteiger partial charge in [0.25, 0.3) is 11.8 Å². The second-order valence-corrected chi connectivity index (χ2v) is 6.68. The van der Waals surface area contributed by atoms with Gasteiger partial charge in [-0.3, -0.25) is 19.7 Å². The molecule has 1 N–H and O–H groups in total. The van der Waals surface area contributed by atoms with Crippen LogP contribution in [0.15, 0.2) is 66.7 Å². The lowest BCUT2D eigenvalue weighted by molar-refractivity contribution is -0.120. The van der Waals surface area contributed by atoms with Crippen LogP contribution in [0.2, 0.25) is 0 Å². The minimum absolute atomic E-state index is 0.0734. The molecule has 1 heterocycles. The van der Waals surface area contributed by atoms with Gasteiger partial charge in [0.05, 0.1) is 0 Å². The molecule has 2 amide bonds. The number of aromatic nitrogens is 1. The molecule has 0 spiro atoms. The standard InChI is InChI=1S/C23H25N3O3/c1-4-25(20-8-6-5-7-9-20)22(27)16-29-21-14-12-19(13-15-21)23(28)24-26-17(2)10-11-18(26)3/h5-15H,4,16H2,1-3H3,(H,24,28). The monoisotopic (exact) mass is 391 g/mol. The van der Waals surface area contributed by atoms with Crippen LogP contribution in [0.25, 0.3) is 0 Å². The van der Waals surface area contributed by atoms with Crippen molar-refractivity contribution in [2.24, 2.45) is 0 Å². The maximum absolute atomic E-state index is 12.5. The lowest BCUT2D eigenvalue weighted by Crippen LogP contribution is -2.34. The number of carbonyl (C=O) groups is 2. The Labute approximate surface area is 170 Å². The molecule has 0 unspecified atom stereocenters. The van der Waals surface area contributed by atoms with Gasteiger partial charge in [-0.05, 0) is 69.3 Å². The molecule has 0 bridgehead atoms. The van der Waals surface area contributed by atoms with E-state index in [2.05, 4.69) is 5.43 Å². The van der Waals surface area contributed by atoms with Crippen molar-refractivity contribution in [3.63, 3.8) is 0 Å². The van der Waals surface area contributed by atoms with E-state index in [1.807, 2.05) is 63.2 Å². The number of rotatable bonds is 7. The first-order valence-electron chi connectivity index (χ1n) is 9.54. The summed E-state index contributed by atoms with van der Waals surface area (Å²) in [6, 6.07) is 20.1. The molecular formula is C23H25N3O3. The summed E-state index contributed by atoms with van der Waals surface area (Å²) < 4.78 is 7.37. The van der Waals surface area contributed by atoms with Gasteiger partial charge in [0.1, 0.15) is 5.75 Å². The molecule has 6 nitrogen and oxygen atoms in total. The zero-order valence-corrected chi connectivity index (χ0v) is 16.9. The largest absolute Gasteiger partial charge is 0.484 e. The lowest BCUT2D eigenvalue weighted by atomic mass is 10.2. The maximum atomic E-state index is 12.5. The van der Waals surface area contributed by atoms with Gasteiger partial charge in [0.2, 0.25) is 0 Å². The Morgan fingerprint density at radius 2 is 1.55 bits per heavy atom. The van der Waals surface area contributed by atoms with Crippen LogP contribution in [0.5, 0.6) is 5.75 Å². The summed E-state index contributed by atoms with van der Waals surface area (Å²) in [5, 5.41) is 0. The van der Waals surface area contributed by atoms with Crippen molar-refractivity contribution < 1.29 is 14.3 Å². The maximum Gasteiger partial charge on any atom is 0.270 e. The van der Waals surface area contributed by atoms with E-state index in [9.17, 15) is 9.59 Å². The minimum atomic E-state index is -0.212. The third-order valence-corrected chi connectivity index (χ3v) is 4.65. The fourth-order valence-corrected chi connectivity index (χ4v) is 3.05. The molecule has 29 heavy (non-hydrogen) atoms. The van der Waals surface area contributed by atoms with Gasteiger partial charge in [-0.25, -0.2) is 0 Å². The molecule has 0 aliphatic carbocycles. The Bertz CT molecular complexity index is 959. The Kier molecular flexibility index (Phi) is 6.34. The summed E-state index contributed by atoms with van der Waals surface area (Å²) in [5.41, 5.74) is 6.11. The second kappa shape index (κ2) is 9.10. The molecular weight excluding hydrogens is 366 g/mol. The van der Waals surface area contributed by atoms with Crippen LogP contribution in [0.4, 0.5) is 5.69 Å². The number of hydrogen-bond donors (Lipinski definition) is 1. The molecule has 2 aromatic carbocycles. The molecule has 0 atom stereocenters. The highest BCUT2D eigenvalue weighted by molar-refractivity contribution is 6.00. The van der Waals surface area contributed by atoms with Crippen LogP contribution in [-0.4, -0.2) is 29.6 Å². The van der Waals surface area contributed by atoms with Gasteiger partial charge >= 0.3 is 0 Å². The summed E-state index contributed by atoms with van der Waals surface area (Å²) in [7, 11) is 0. The van der Waals surface area contributed by atoms with Crippen LogP contribution in [0, 0.1) is 13.8 Å². The lowest BCUT2D eigenvalue weighted by Gasteiger charge is -2.21. The summed E-state index contributed by atoms with van der Waals surface area (Å²) in [6.45, 7) is 6.26. The fraction of sp³-hybridized carbons (Fsp3) is 0.217. The number of carbonyl (C=O) groups excluding carboxylic acids is 2. The van der Waals surface area contributed by atoms with E-state index in [4.69, 9.17) is 4.74 Å². The van der Waals surface area contributed by atoms with Gasteiger partial charge in [0, 0.05) is 29.2 Å². The number of aryl methyl sites for hydroxylation is 2. The molecule has 1 aromatic heterocycles. The average molecular weight is 391 g/mol. The minimum Gasteiger partial charge on any atom is -0.484 e. The third-order valence-electron chi connectivity index (χ3n) is 4.65. The first-order chi connectivity index (χ1) is 14.0. The highest BCUT2D eigenvalue weighted by Crippen LogP contribution is 2.16. The summed E-state index contributed by atoms with van der Waals surface area (Å²) in [4.78, 5) is 26.6. The number of amides is 2. The van der Waals surface area contributed by atoms with Crippen LogP contribution < -0.4 is 15.1 Å². The molecule has 3 aromatic rings. The van der Waals surface area contributed by atoms with Crippen molar-refractivity contribution >= 4 is 17.5 Å². The second-order valence-electron chi connectivity index (χ2n) is 6.68. The van der Waals surface area contributed by atoms with Crippen LogP contribution in [0.3, 0.4) is 0 Å². The van der Waals surface area contributed by atoms with E-state index in [0.717, 1.165) is 17.1 Å². The zero-order chi connectivity index (χ0) is 20.8. The topological polar surface area (TPSA) is 63.6 Å². The predicted octanol–water partition coefficient (Wildman–Crippen LogP) is 3.92. The van der Waals surface area contributed by atoms with Gasteiger partial charge in [-0.15, -0.1) is 0 Å². The number of hydrogen-bond acceptors (Lipinski definition) is 3. The molecule has 0 aliphatic rings. The van der Waals surface area contributed by atoms with E-state index in [1.54, 1.807) is 33.8 Å². The SMILES string of the molecule is CCN(C(=O)COc1ccc(C(=O)Nn2c(C)ccc2C)cc1)c1ccccc1. The van der Waals surface area contributed by atoms with E-state index < -0.39 is 0 Å². The Balaban J connectivity index is 1.59. The average Bonchev–Trinajstić information content (AvgIpc) is 3.06. The summed E-state index contributed by atoms with van der Waals surface area (Å²) in [5.74, 6) is 0.197. The van der Waals surface area contributed by atoms with Crippen molar-refractivity contribution in [2.45, 2.75) is 20.8 Å². The third kappa shape index (κ3) is 4.85. The molecule has 3 rings (SSSR count). The first-order valence-corrected chi connectivity index (χ1v) is 9.54. The first kappa shape index (κ1) is 20.2. The fourth-order valence-electron chi connectivity index (χ4n) is 3.05. The van der Waals surface area contributed by atoms with Gasteiger partial charge < -0.3 is 9.64 Å². The normalized spacial score (nSPS) is 10.4. The van der Waals surface area contributed by atoms with E-state index in [0.29, 0.717) is 17.9 Å². The van der Waals surface area contributed by atoms with Crippen LogP contribution >= 0.6 is 0 Å². The molecule has 0 saturated heterocycles. The molecule has 0 radical (unpaired) electrons. The van der Waals surface area contributed by atoms with Gasteiger partial charge in [0.15, 0.2) is 6.61 Å². The predicted molar refractivity (Wildman–Crippen MR) is 114 cm³/mol. The molecule has 150 valence electrons. The van der Waals surface area contributed by atoms with Crippen molar-refractivity contribution in [3.8, 4) is 5.75 Å². The molecule has 6 heteroatoms.